The maximum absolute atomic E-state index is 13.3. The minimum atomic E-state index is -1.69. The number of rotatable bonds is 10. The van der Waals surface area contributed by atoms with Crippen molar-refractivity contribution in [1.29, 1.82) is 0 Å². The Bertz CT molecular complexity index is 1210. The van der Waals surface area contributed by atoms with E-state index in [0.29, 0.717) is 40.7 Å². The highest BCUT2D eigenvalue weighted by molar-refractivity contribution is 5.76. The van der Waals surface area contributed by atoms with Crippen molar-refractivity contribution in [2.45, 2.75) is 43.2 Å². The molecule has 0 bridgehead atoms. The summed E-state index contributed by atoms with van der Waals surface area (Å²) in [6.45, 7) is -0.419. The number of hydrogen-bond donors (Lipinski definition) is 4. The van der Waals surface area contributed by atoms with E-state index in [9.17, 15) is 25.2 Å². The molecule has 8 atom stereocenters. The van der Waals surface area contributed by atoms with Crippen molar-refractivity contribution in [3.05, 3.63) is 41.5 Å². The second-order valence-corrected chi connectivity index (χ2v) is 10.0. The van der Waals surface area contributed by atoms with Crippen LogP contribution in [0.15, 0.2) is 30.3 Å². The molecule has 3 heterocycles. The van der Waals surface area contributed by atoms with Gasteiger partial charge in [0, 0.05) is 5.92 Å². The van der Waals surface area contributed by atoms with Crippen LogP contribution >= 0.6 is 0 Å². The largest absolute Gasteiger partial charge is 0.493 e. The van der Waals surface area contributed by atoms with Crippen LogP contribution in [0.2, 0.25) is 0 Å². The van der Waals surface area contributed by atoms with Gasteiger partial charge in [-0.15, -0.1) is 0 Å². The van der Waals surface area contributed by atoms with Crippen LogP contribution in [-0.2, 0) is 25.4 Å². The smallest absolute Gasteiger partial charge is 0.312 e. The molecular weight excluding hydrogens is 544 g/mol. The zero-order valence-corrected chi connectivity index (χ0v) is 22.8. The summed E-state index contributed by atoms with van der Waals surface area (Å²) in [6.07, 6.45) is -8.38. The molecule has 0 unspecified atom stereocenters. The van der Waals surface area contributed by atoms with E-state index >= 15 is 0 Å². The van der Waals surface area contributed by atoms with Gasteiger partial charge in [0.1, 0.15) is 24.4 Å². The zero-order valence-electron chi connectivity index (χ0n) is 22.8. The topological polar surface area (TPSA) is 172 Å². The number of esters is 1. The number of cyclic esters (lactones) is 1. The lowest BCUT2D eigenvalue weighted by Crippen LogP contribution is -2.59. The SMILES string of the molecule is COc1cc([C@@H](O[C@H]2O[C@@H](CO)[C@@H](O)[C@H](O)[C@H]2O)[C@@H]2C(=O)OC[C@H]2Cc2ccc3c(c2)OCO3)cc(OC)c1OC. The predicted octanol–water partition coefficient (Wildman–Crippen LogP) is 0.331. The van der Waals surface area contributed by atoms with Crippen molar-refractivity contribution in [3.8, 4) is 28.7 Å². The molecule has 13 nitrogen and oxygen atoms in total. The Morgan fingerprint density at radius 2 is 1.61 bits per heavy atom. The maximum Gasteiger partial charge on any atom is 0.312 e. The van der Waals surface area contributed by atoms with E-state index in [1.807, 2.05) is 12.1 Å². The van der Waals surface area contributed by atoms with Gasteiger partial charge in [-0.1, -0.05) is 6.07 Å². The van der Waals surface area contributed by atoms with Crippen molar-refractivity contribution >= 4 is 5.97 Å². The molecule has 41 heavy (non-hydrogen) atoms. The summed E-state index contributed by atoms with van der Waals surface area (Å²) < 4.78 is 44.8. The maximum atomic E-state index is 13.3. The Morgan fingerprint density at radius 3 is 2.27 bits per heavy atom. The number of aliphatic hydroxyl groups is 4. The van der Waals surface area contributed by atoms with Gasteiger partial charge in [-0.3, -0.25) is 4.79 Å². The van der Waals surface area contributed by atoms with Gasteiger partial charge in [0.25, 0.3) is 0 Å². The Labute approximate surface area is 236 Å². The second-order valence-electron chi connectivity index (χ2n) is 10.0. The predicted molar refractivity (Wildman–Crippen MR) is 138 cm³/mol. The molecular formula is C28H34O13. The first-order valence-corrected chi connectivity index (χ1v) is 13.1. The lowest BCUT2D eigenvalue weighted by atomic mass is 9.82. The molecule has 5 rings (SSSR count). The third-order valence-electron chi connectivity index (χ3n) is 7.63. The van der Waals surface area contributed by atoms with Crippen molar-refractivity contribution in [3.63, 3.8) is 0 Å². The van der Waals surface area contributed by atoms with E-state index in [1.165, 1.54) is 21.3 Å². The van der Waals surface area contributed by atoms with Crippen LogP contribution in [-0.4, -0.2) is 98.4 Å². The summed E-state index contributed by atoms with van der Waals surface area (Å²) in [5.74, 6) is 0.294. The number of aliphatic hydroxyl groups excluding tert-OH is 4. The number of methoxy groups -OCH3 is 3. The standard InChI is InChI=1S/C28H34O13/c1-34-18-8-14(9-19(35-2)26(18)36-3)25(41-28-24(32)23(31)22(30)20(10-29)40-28)21-15(11-37-27(21)33)6-13-4-5-16-17(7-13)39-12-38-16/h4-5,7-9,15,20-25,28-32H,6,10-12H2,1-3H3/t15-,20+,21-,22-,23+,24-,25-,28-/m1/s1. The van der Waals surface area contributed by atoms with Crippen LogP contribution in [0.1, 0.15) is 17.2 Å². The Morgan fingerprint density at radius 1 is 0.902 bits per heavy atom. The number of carbonyl (C=O) groups is 1. The van der Waals surface area contributed by atoms with E-state index in [4.69, 9.17) is 37.9 Å². The van der Waals surface area contributed by atoms with Gasteiger partial charge < -0.3 is 58.3 Å². The van der Waals surface area contributed by atoms with Crippen LogP contribution in [0.4, 0.5) is 0 Å². The van der Waals surface area contributed by atoms with Gasteiger partial charge in [-0.05, 0) is 41.8 Å². The van der Waals surface area contributed by atoms with Gasteiger partial charge >= 0.3 is 5.97 Å². The minimum absolute atomic E-state index is 0.0942. The molecule has 224 valence electrons. The Balaban J connectivity index is 1.53. The van der Waals surface area contributed by atoms with Crippen molar-refractivity contribution < 1.29 is 63.1 Å². The van der Waals surface area contributed by atoms with Gasteiger partial charge in [-0.2, -0.15) is 0 Å². The zero-order chi connectivity index (χ0) is 29.3. The fourth-order valence-electron chi connectivity index (χ4n) is 5.47. The monoisotopic (exact) mass is 578 g/mol. The quantitative estimate of drug-likeness (QED) is 0.285. The van der Waals surface area contributed by atoms with Gasteiger partial charge in [-0.25, -0.2) is 0 Å². The lowest BCUT2D eigenvalue weighted by Gasteiger charge is -2.41. The lowest BCUT2D eigenvalue weighted by molar-refractivity contribution is -0.316. The first-order chi connectivity index (χ1) is 19.8. The number of fused-ring (bicyclic) bond motifs is 1. The first-order valence-electron chi connectivity index (χ1n) is 13.1. The van der Waals surface area contributed by atoms with Crippen molar-refractivity contribution in [2.24, 2.45) is 11.8 Å². The third-order valence-corrected chi connectivity index (χ3v) is 7.63. The van der Waals surface area contributed by atoms with Crippen LogP contribution in [0.3, 0.4) is 0 Å². The Hall–Kier alpha value is -3.33. The number of carbonyl (C=O) groups excluding carboxylic acids is 1. The van der Waals surface area contributed by atoms with E-state index in [1.54, 1.807) is 18.2 Å². The third kappa shape index (κ3) is 5.61. The number of benzene rings is 2. The fraction of sp³-hybridized carbons (Fsp3) is 0.536. The fourth-order valence-corrected chi connectivity index (χ4v) is 5.47. The van der Waals surface area contributed by atoms with Crippen LogP contribution in [0.25, 0.3) is 0 Å². The van der Waals surface area contributed by atoms with E-state index in [-0.39, 0.29) is 13.4 Å². The Kier molecular flexibility index (Phi) is 8.73. The molecule has 3 aliphatic heterocycles. The molecule has 0 aromatic heterocycles. The normalized spacial score (nSPS) is 29.6. The minimum Gasteiger partial charge on any atom is -0.493 e. The van der Waals surface area contributed by atoms with Gasteiger partial charge in [0.2, 0.25) is 12.5 Å². The summed E-state index contributed by atoms with van der Waals surface area (Å²) in [4.78, 5) is 13.3. The molecule has 0 amide bonds. The molecule has 0 saturated carbocycles. The summed E-state index contributed by atoms with van der Waals surface area (Å²) >= 11 is 0. The highest BCUT2D eigenvalue weighted by Crippen LogP contribution is 2.46. The highest BCUT2D eigenvalue weighted by atomic mass is 16.7. The highest BCUT2D eigenvalue weighted by Gasteiger charge is 2.49. The molecule has 0 spiro atoms. The molecule has 3 aliphatic rings. The van der Waals surface area contributed by atoms with E-state index < -0.39 is 61.2 Å². The number of hydrogen-bond acceptors (Lipinski definition) is 13. The molecule has 13 heteroatoms. The molecule has 2 fully saturated rings. The molecule has 2 saturated heterocycles. The van der Waals surface area contributed by atoms with Crippen LogP contribution < -0.4 is 23.7 Å². The molecule has 0 radical (unpaired) electrons. The molecule has 0 aliphatic carbocycles. The number of ether oxygens (including phenoxy) is 8. The van der Waals surface area contributed by atoms with E-state index in [2.05, 4.69) is 0 Å². The molecule has 4 N–H and O–H groups in total. The van der Waals surface area contributed by atoms with Crippen LogP contribution in [0.5, 0.6) is 28.7 Å². The van der Waals surface area contributed by atoms with Crippen molar-refractivity contribution in [2.75, 3.05) is 41.3 Å². The second kappa shape index (κ2) is 12.3. The van der Waals surface area contributed by atoms with Gasteiger partial charge in [0.05, 0.1) is 46.6 Å². The molecule has 2 aromatic rings. The average Bonchev–Trinajstić information content (AvgIpc) is 3.60. The van der Waals surface area contributed by atoms with E-state index in [0.717, 1.165) is 5.56 Å². The summed E-state index contributed by atoms with van der Waals surface area (Å²) in [7, 11) is 4.35. The molecule has 2 aromatic carbocycles. The summed E-state index contributed by atoms with van der Waals surface area (Å²) in [5, 5.41) is 41.1. The van der Waals surface area contributed by atoms with Crippen LogP contribution in [0, 0.1) is 11.8 Å². The average molecular weight is 579 g/mol. The van der Waals surface area contributed by atoms with Gasteiger partial charge in [0.15, 0.2) is 29.3 Å². The van der Waals surface area contributed by atoms with Crippen molar-refractivity contribution in [1.82, 2.24) is 0 Å². The first kappa shape index (κ1) is 29.2. The summed E-state index contributed by atoms with van der Waals surface area (Å²) in [6, 6.07) is 8.74. The summed E-state index contributed by atoms with van der Waals surface area (Å²) in [5.41, 5.74) is 1.29.